The van der Waals surface area contributed by atoms with Crippen LogP contribution in [0, 0.1) is 0 Å². The monoisotopic (exact) mass is 395 g/mol. The van der Waals surface area contributed by atoms with Gasteiger partial charge in [-0.3, -0.25) is 9.20 Å². The minimum absolute atomic E-state index is 0.0627. The molecular formula is C22H29N5O2. The number of hydrogen-bond acceptors (Lipinski definition) is 5. The van der Waals surface area contributed by atoms with E-state index in [2.05, 4.69) is 35.6 Å². The molecule has 29 heavy (non-hydrogen) atoms. The predicted molar refractivity (Wildman–Crippen MR) is 112 cm³/mol. The van der Waals surface area contributed by atoms with Crippen LogP contribution in [0.2, 0.25) is 0 Å². The second-order valence-electron chi connectivity index (χ2n) is 8.77. The maximum Gasteiger partial charge on any atom is 0.276 e. The zero-order valence-electron chi connectivity index (χ0n) is 17.6. The lowest BCUT2D eigenvalue weighted by Crippen LogP contribution is -2.39. The van der Waals surface area contributed by atoms with E-state index in [0.717, 1.165) is 48.7 Å². The fourth-order valence-corrected chi connectivity index (χ4v) is 3.91. The lowest BCUT2D eigenvalue weighted by atomic mass is 9.94. The minimum Gasteiger partial charge on any atom is -0.365 e. The molecule has 1 amide bonds. The second-order valence-corrected chi connectivity index (χ2v) is 8.77. The quantitative estimate of drug-likeness (QED) is 0.719. The van der Waals surface area contributed by atoms with Crippen LogP contribution < -0.4 is 5.32 Å². The Hall–Kier alpha value is -2.83. The smallest absolute Gasteiger partial charge is 0.276 e. The van der Waals surface area contributed by atoms with Crippen molar-refractivity contribution in [2.45, 2.75) is 58.4 Å². The molecule has 4 rings (SSSR count). The number of pyridine rings is 1. The summed E-state index contributed by atoms with van der Waals surface area (Å²) in [5.41, 5.74) is 2.24. The van der Waals surface area contributed by atoms with Gasteiger partial charge < -0.3 is 14.7 Å². The van der Waals surface area contributed by atoms with E-state index in [1.54, 1.807) is 6.07 Å². The van der Waals surface area contributed by atoms with Crippen LogP contribution in [0.5, 0.6) is 0 Å². The van der Waals surface area contributed by atoms with E-state index < -0.39 is 0 Å². The first-order valence-electron chi connectivity index (χ1n) is 10.4. The highest BCUT2D eigenvalue weighted by molar-refractivity contribution is 5.92. The summed E-state index contributed by atoms with van der Waals surface area (Å²) in [5.74, 6) is 1.86. The fourth-order valence-electron chi connectivity index (χ4n) is 3.91. The van der Waals surface area contributed by atoms with Crippen LogP contribution in [-0.4, -0.2) is 44.0 Å². The van der Waals surface area contributed by atoms with E-state index in [0.29, 0.717) is 12.2 Å². The summed E-state index contributed by atoms with van der Waals surface area (Å²) in [5, 5.41) is 7.59. The Labute approximate surface area is 171 Å². The minimum atomic E-state index is -0.0952. The van der Waals surface area contributed by atoms with Crippen molar-refractivity contribution in [2.24, 2.45) is 0 Å². The van der Waals surface area contributed by atoms with Crippen LogP contribution in [0.4, 0.5) is 5.82 Å². The van der Waals surface area contributed by atoms with Crippen LogP contribution in [0.1, 0.15) is 68.4 Å². The molecule has 4 heterocycles. The van der Waals surface area contributed by atoms with E-state index in [-0.39, 0.29) is 17.4 Å². The summed E-state index contributed by atoms with van der Waals surface area (Å²) in [6.45, 7) is 9.79. The topological polar surface area (TPSA) is 75.7 Å². The summed E-state index contributed by atoms with van der Waals surface area (Å²) in [6, 6.07) is 7.78. The molecule has 7 heteroatoms. The lowest BCUT2D eigenvalue weighted by Gasteiger charge is -2.32. The number of carbonyl (C=O) groups excluding carboxylic acids is 1. The van der Waals surface area contributed by atoms with Crippen LogP contribution in [-0.2, 0) is 6.42 Å². The lowest BCUT2D eigenvalue weighted by molar-refractivity contribution is 0.0695. The molecular weight excluding hydrogens is 366 g/mol. The molecule has 154 valence electrons. The zero-order chi connectivity index (χ0) is 20.6. The van der Waals surface area contributed by atoms with Gasteiger partial charge in [0.25, 0.3) is 5.91 Å². The molecule has 1 fully saturated rings. The number of carbonyl (C=O) groups is 1. The summed E-state index contributed by atoms with van der Waals surface area (Å²) in [4.78, 5) is 19.8. The van der Waals surface area contributed by atoms with Crippen LogP contribution in [0.25, 0.3) is 5.65 Å². The summed E-state index contributed by atoms with van der Waals surface area (Å²) in [7, 11) is 0. The molecule has 0 saturated carbocycles. The first-order chi connectivity index (χ1) is 13.9. The third-order valence-corrected chi connectivity index (χ3v) is 5.27. The van der Waals surface area contributed by atoms with Gasteiger partial charge >= 0.3 is 0 Å². The molecule has 0 spiro atoms. The Morgan fingerprint density at radius 2 is 2.17 bits per heavy atom. The number of anilines is 1. The van der Waals surface area contributed by atoms with Crippen molar-refractivity contribution in [3.8, 4) is 0 Å². The molecule has 1 atom stereocenters. The molecule has 0 unspecified atom stereocenters. The van der Waals surface area contributed by atoms with Gasteiger partial charge in [0, 0.05) is 43.2 Å². The van der Waals surface area contributed by atoms with Gasteiger partial charge in [-0.05, 0) is 45.7 Å². The number of fused-ring (bicyclic) bond motifs is 1. The van der Waals surface area contributed by atoms with E-state index >= 15 is 0 Å². The predicted octanol–water partition coefficient (Wildman–Crippen LogP) is 4.11. The number of hydrogen-bond donors (Lipinski definition) is 1. The average molecular weight is 396 g/mol. The van der Waals surface area contributed by atoms with Crippen molar-refractivity contribution >= 4 is 17.4 Å². The fraction of sp³-hybridized carbons (Fsp3) is 0.500. The molecule has 1 aliphatic rings. The van der Waals surface area contributed by atoms with Gasteiger partial charge in [0.1, 0.15) is 17.2 Å². The number of nitrogens with zero attached hydrogens (tertiary/aromatic N) is 4. The van der Waals surface area contributed by atoms with E-state index in [4.69, 9.17) is 9.51 Å². The molecule has 1 N–H and O–H groups in total. The normalized spacial score (nSPS) is 17.7. The average Bonchev–Trinajstić information content (AvgIpc) is 3.32. The largest absolute Gasteiger partial charge is 0.365 e. The molecule has 0 bridgehead atoms. The first-order valence-corrected chi connectivity index (χ1v) is 10.4. The van der Waals surface area contributed by atoms with Crippen molar-refractivity contribution in [1.82, 2.24) is 19.4 Å². The number of nitrogens with one attached hydrogen (secondary N) is 1. The Kier molecular flexibility index (Phi) is 5.06. The number of rotatable bonds is 4. The molecule has 0 aliphatic carbocycles. The number of piperidine rings is 1. The van der Waals surface area contributed by atoms with Gasteiger partial charge in [0.05, 0.1) is 5.69 Å². The van der Waals surface area contributed by atoms with E-state index in [1.165, 1.54) is 0 Å². The summed E-state index contributed by atoms with van der Waals surface area (Å²) >= 11 is 0. The van der Waals surface area contributed by atoms with Crippen molar-refractivity contribution < 1.29 is 9.32 Å². The maximum atomic E-state index is 13.0. The van der Waals surface area contributed by atoms with Gasteiger partial charge in [-0.25, -0.2) is 4.98 Å². The number of aryl methyl sites for hydroxylation is 1. The Balaban J connectivity index is 1.63. The van der Waals surface area contributed by atoms with Gasteiger partial charge in [-0.15, -0.1) is 0 Å². The summed E-state index contributed by atoms with van der Waals surface area (Å²) in [6.07, 6.45) is 4.71. The number of likely N-dealkylation sites (tertiary alicyclic amines) is 1. The maximum absolute atomic E-state index is 13.0. The number of aromatic nitrogens is 3. The molecule has 3 aromatic heterocycles. The van der Waals surface area contributed by atoms with Crippen molar-refractivity contribution in [1.29, 1.82) is 0 Å². The third kappa shape index (κ3) is 3.99. The Morgan fingerprint density at radius 1 is 1.34 bits per heavy atom. The number of amides is 1. The van der Waals surface area contributed by atoms with Crippen molar-refractivity contribution in [3.63, 3.8) is 0 Å². The van der Waals surface area contributed by atoms with E-state index in [1.807, 2.05) is 36.2 Å². The Morgan fingerprint density at radius 3 is 2.90 bits per heavy atom. The van der Waals surface area contributed by atoms with Crippen LogP contribution in [0.3, 0.4) is 0 Å². The van der Waals surface area contributed by atoms with Crippen LogP contribution in [0.15, 0.2) is 35.0 Å². The molecule has 0 aromatic carbocycles. The van der Waals surface area contributed by atoms with Gasteiger partial charge in [0.2, 0.25) is 0 Å². The van der Waals surface area contributed by atoms with Crippen LogP contribution >= 0.6 is 0 Å². The first kappa shape index (κ1) is 19.5. The molecule has 7 nitrogen and oxygen atoms in total. The number of imidazole rings is 1. The molecule has 0 radical (unpaired) electrons. The zero-order valence-corrected chi connectivity index (χ0v) is 17.6. The highest BCUT2D eigenvalue weighted by atomic mass is 16.5. The summed E-state index contributed by atoms with van der Waals surface area (Å²) < 4.78 is 7.33. The highest BCUT2D eigenvalue weighted by Crippen LogP contribution is 2.34. The van der Waals surface area contributed by atoms with Crippen molar-refractivity contribution in [3.05, 3.63) is 47.6 Å². The van der Waals surface area contributed by atoms with Crippen molar-refractivity contribution in [2.75, 3.05) is 18.4 Å². The second kappa shape index (κ2) is 7.54. The standard InChI is InChI=1S/C22H29N5O2/c1-5-16-13-17(25-29-16)21(28)26-11-8-9-15(14-26)19-20(24-22(2,3)4)27-12-7-6-10-18(27)23-19/h6-7,10,12-13,15,24H,5,8-9,11,14H2,1-4H3/t15-/m0/s1. The SMILES string of the molecule is CCc1cc(C(=O)N2CCC[C@H](c3nc4ccccn4c3NC(C)(C)C)C2)no1. The molecule has 1 saturated heterocycles. The van der Waals surface area contributed by atoms with E-state index in [9.17, 15) is 4.79 Å². The third-order valence-electron chi connectivity index (χ3n) is 5.27. The Bertz CT molecular complexity index is 1010. The molecule has 1 aliphatic heterocycles. The molecule has 3 aromatic rings. The van der Waals surface area contributed by atoms with Gasteiger partial charge in [-0.1, -0.05) is 18.1 Å². The highest BCUT2D eigenvalue weighted by Gasteiger charge is 2.31. The van der Waals surface area contributed by atoms with Gasteiger partial charge in [-0.2, -0.15) is 0 Å². The van der Waals surface area contributed by atoms with Gasteiger partial charge in [0.15, 0.2) is 5.69 Å².